The van der Waals surface area contributed by atoms with E-state index in [1.165, 1.54) is 25.0 Å². The Morgan fingerprint density at radius 2 is 1.94 bits per heavy atom. The van der Waals surface area contributed by atoms with E-state index >= 15 is 0 Å². The molecular formula is C24H21FN4O2. The van der Waals surface area contributed by atoms with Crippen LogP contribution in [0.2, 0.25) is 0 Å². The molecule has 0 spiro atoms. The molecule has 1 aliphatic heterocycles. The summed E-state index contributed by atoms with van der Waals surface area (Å²) in [5.41, 5.74) is 9.30. The number of H-pyrrole nitrogens is 1. The summed E-state index contributed by atoms with van der Waals surface area (Å²) in [6, 6.07) is 16.0. The highest BCUT2D eigenvalue weighted by Crippen LogP contribution is 2.46. The van der Waals surface area contributed by atoms with Crippen LogP contribution in [-0.4, -0.2) is 16.3 Å². The van der Waals surface area contributed by atoms with Crippen molar-refractivity contribution in [2.45, 2.75) is 37.7 Å². The highest BCUT2D eigenvalue weighted by atomic mass is 19.1. The molecule has 3 N–H and O–H groups in total. The van der Waals surface area contributed by atoms with Crippen LogP contribution < -0.4 is 15.2 Å². The number of hydrogen-bond donors (Lipinski definition) is 2. The zero-order chi connectivity index (χ0) is 21.4. The molecule has 0 amide bonds. The van der Waals surface area contributed by atoms with Crippen molar-refractivity contribution in [3.63, 3.8) is 0 Å². The summed E-state index contributed by atoms with van der Waals surface area (Å²) in [5.74, 6) is 0.283. The maximum absolute atomic E-state index is 13.5. The highest BCUT2D eigenvalue weighted by molar-refractivity contribution is 5.71. The van der Waals surface area contributed by atoms with Gasteiger partial charge in [-0.3, -0.25) is 5.10 Å². The van der Waals surface area contributed by atoms with Crippen LogP contribution in [0.1, 0.15) is 42.7 Å². The summed E-state index contributed by atoms with van der Waals surface area (Å²) in [6.07, 6.45) is 4.69. The molecule has 1 aliphatic carbocycles. The Kier molecular flexibility index (Phi) is 4.83. The first-order valence-corrected chi connectivity index (χ1v) is 10.3. The molecule has 6 nitrogen and oxygen atoms in total. The largest absolute Gasteiger partial charge is 0.490 e. The molecule has 2 aromatic carbocycles. The van der Waals surface area contributed by atoms with Crippen molar-refractivity contribution in [1.29, 1.82) is 5.26 Å². The average Bonchev–Trinajstić information content (AvgIpc) is 3.43. The third-order valence-electron chi connectivity index (χ3n) is 5.87. The van der Waals surface area contributed by atoms with Crippen molar-refractivity contribution < 1.29 is 13.9 Å². The lowest BCUT2D eigenvalue weighted by atomic mass is 9.83. The quantitative estimate of drug-likeness (QED) is 0.639. The molecule has 0 bridgehead atoms. The number of aromatic nitrogens is 2. The molecule has 0 saturated heterocycles. The molecule has 2 heterocycles. The Morgan fingerprint density at radius 1 is 1.16 bits per heavy atom. The number of rotatable bonds is 4. The standard InChI is InChI=1S/C24H21FN4O2/c25-16-10-8-14(9-11-16)22-21-20(19(13-26)23(27)31-24(21)29-28-22)15-4-3-7-18(12-15)30-17-5-1-2-6-17/h3-4,7-12,17,20H,1-2,5-6,27H2,(H,28,29)/t20-/m1/s1. The Bertz CT molecular complexity index is 1190. The number of ether oxygens (including phenoxy) is 2. The van der Waals surface area contributed by atoms with E-state index in [-0.39, 0.29) is 17.8 Å². The van der Waals surface area contributed by atoms with Crippen LogP contribution in [0.5, 0.6) is 11.6 Å². The molecule has 0 unspecified atom stereocenters. The molecule has 1 atom stereocenters. The van der Waals surface area contributed by atoms with Gasteiger partial charge in [-0.05, 0) is 67.6 Å². The van der Waals surface area contributed by atoms with Gasteiger partial charge in [0.1, 0.15) is 23.2 Å². The number of fused-ring (bicyclic) bond motifs is 1. The van der Waals surface area contributed by atoms with Crippen LogP contribution >= 0.6 is 0 Å². The summed E-state index contributed by atoms with van der Waals surface area (Å²) < 4.78 is 25.3. The molecule has 156 valence electrons. The van der Waals surface area contributed by atoms with Gasteiger partial charge in [0.2, 0.25) is 11.8 Å². The average molecular weight is 416 g/mol. The van der Waals surface area contributed by atoms with Crippen molar-refractivity contribution in [1.82, 2.24) is 10.2 Å². The Hall–Kier alpha value is -3.79. The molecule has 2 aliphatic rings. The summed E-state index contributed by atoms with van der Waals surface area (Å²) in [4.78, 5) is 0. The first-order valence-electron chi connectivity index (χ1n) is 10.3. The summed E-state index contributed by atoms with van der Waals surface area (Å²) >= 11 is 0. The number of nitrogens with two attached hydrogens (primary N) is 1. The number of allylic oxidation sites excluding steroid dienone is 1. The molecule has 3 aromatic rings. The minimum atomic E-state index is -0.486. The van der Waals surface area contributed by atoms with Gasteiger partial charge in [0.25, 0.3) is 0 Å². The van der Waals surface area contributed by atoms with E-state index in [2.05, 4.69) is 16.3 Å². The number of nitriles is 1. The topological polar surface area (TPSA) is 97.0 Å². The molecule has 1 fully saturated rings. The van der Waals surface area contributed by atoms with Crippen LogP contribution in [0.4, 0.5) is 4.39 Å². The number of benzene rings is 2. The van der Waals surface area contributed by atoms with Crippen LogP contribution in [0.15, 0.2) is 60.0 Å². The number of halogens is 1. The van der Waals surface area contributed by atoms with Gasteiger partial charge in [-0.1, -0.05) is 12.1 Å². The van der Waals surface area contributed by atoms with Gasteiger partial charge >= 0.3 is 0 Å². The number of nitrogens with one attached hydrogen (secondary N) is 1. The van der Waals surface area contributed by atoms with E-state index in [4.69, 9.17) is 15.2 Å². The SMILES string of the molecule is N#CC1=C(N)Oc2n[nH]c(-c3ccc(F)cc3)c2[C@@H]1c1cccc(OC2CCCC2)c1. The van der Waals surface area contributed by atoms with Crippen molar-refractivity contribution in [2.24, 2.45) is 5.73 Å². The first-order chi connectivity index (χ1) is 15.1. The minimum Gasteiger partial charge on any atom is -0.490 e. The second-order valence-corrected chi connectivity index (χ2v) is 7.85. The third kappa shape index (κ3) is 3.50. The summed E-state index contributed by atoms with van der Waals surface area (Å²) in [6.45, 7) is 0. The van der Waals surface area contributed by atoms with Gasteiger partial charge in [-0.25, -0.2) is 4.39 Å². The van der Waals surface area contributed by atoms with E-state index in [0.717, 1.165) is 29.7 Å². The zero-order valence-corrected chi connectivity index (χ0v) is 16.8. The van der Waals surface area contributed by atoms with Gasteiger partial charge in [0, 0.05) is 5.56 Å². The van der Waals surface area contributed by atoms with Crippen LogP contribution in [0.3, 0.4) is 0 Å². The summed E-state index contributed by atoms with van der Waals surface area (Å²) in [7, 11) is 0. The van der Waals surface area contributed by atoms with Crippen molar-refractivity contribution in [3.05, 3.63) is 76.9 Å². The van der Waals surface area contributed by atoms with E-state index in [1.54, 1.807) is 12.1 Å². The van der Waals surface area contributed by atoms with Gasteiger partial charge < -0.3 is 15.2 Å². The smallest absolute Gasteiger partial charge is 0.244 e. The Balaban J connectivity index is 1.60. The van der Waals surface area contributed by atoms with E-state index in [0.29, 0.717) is 22.7 Å². The minimum absolute atomic E-state index is 0.0271. The second kappa shape index (κ2) is 7.80. The van der Waals surface area contributed by atoms with E-state index < -0.39 is 5.92 Å². The maximum atomic E-state index is 13.5. The number of aromatic amines is 1. The number of nitrogens with zero attached hydrogens (tertiary/aromatic N) is 2. The van der Waals surface area contributed by atoms with E-state index in [9.17, 15) is 9.65 Å². The lowest BCUT2D eigenvalue weighted by Crippen LogP contribution is -2.21. The fourth-order valence-electron chi connectivity index (χ4n) is 4.38. The molecule has 1 aromatic heterocycles. The Morgan fingerprint density at radius 3 is 2.68 bits per heavy atom. The van der Waals surface area contributed by atoms with Gasteiger partial charge in [0.05, 0.1) is 23.3 Å². The lowest BCUT2D eigenvalue weighted by molar-refractivity contribution is 0.210. The van der Waals surface area contributed by atoms with Crippen LogP contribution in [0.25, 0.3) is 11.3 Å². The van der Waals surface area contributed by atoms with E-state index in [1.807, 2.05) is 24.3 Å². The van der Waals surface area contributed by atoms with Crippen LogP contribution in [0, 0.1) is 17.1 Å². The second-order valence-electron chi connectivity index (χ2n) is 7.85. The summed E-state index contributed by atoms with van der Waals surface area (Å²) in [5, 5.41) is 17.1. The van der Waals surface area contributed by atoms with Gasteiger partial charge in [-0.15, -0.1) is 5.10 Å². The van der Waals surface area contributed by atoms with Crippen molar-refractivity contribution >= 4 is 0 Å². The number of hydrogen-bond acceptors (Lipinski definition) is 5. The fourth-order valence-corrected chi connectivity index (χ4v) is 4.38. The molecular weight excluding hydrogens is 395 g/mol. The van der Waals surface area contributed by atoms with Crippen molar-refractivity contribution in [3.8, 4) is 29.0 Å². The molecule has 1 saturated carbocycles. The highest BCUT2D eigenvalue weighted by Gasteiger charge is 2.35. The normalized spacial score (nSPS) is 18.4. The third-order valence-corrected chi connectivity index (χ3v) is 5.87. The fraction of sp³-hybridized carbons (Fsp3) is 0.250. The van der Waals surface area contributed by atoms with Crippen LogP contribution in [-0.2, 0) is 0 Å². The molecule has 0 radical (unpaired) electrons. The van der Waals surface area contributed by atoms with Gasteiger partial charge in [0.15, 0.2) is 0 Å². The monoisotopic (exact) mass is 416 g/mol. The predicted molar refractivity (Wildman–Crippen MR) is 113 cm³/mol. The lowest BCUT2D eigenvalue weighted by Gasteiger charge is -2.24. The molecule has 31 heavy (non-hydrogen) atoms. The molecule has 5 rings (SSSR count). The zero-order valence-electron chi connectivity index (χ0n) is 16.8. The predicted octanol–water partition coefficient (Wildman–Crippen LogP) is 4.76. The Labute approximate surface area is 179 Å². The molecule has 7 heteroatoms. The van der Waals surface area contributed by atoms with Gasteiger partial charge in [-0.2, -0.15) is 5.26 Å². The first kappa shape index (κ1) is 19.2. The maximum Gasteiger partial charge on any atom is 0.244 e. The van der Waals surface area contributed by atoms with Crippen molar-refractivity contribution in [2.75, 3.05) is 0 Å².